The van der Waals surface area contributed by atoms with E-state index in [1.807, 2.05) is 32.0 Å². The molecule has 6 nitrogen and oxygen atoms in total. The highest BCUT2D eigenvalue weighted by molar-refractivity contribution is 6.32. The van der Waals surface area contributed by atoms with Gasteiger partial charge in [0.1, 0.15) is 0 Å². The van der Waals surface area contributed by atoms with Crippen LogP contribution in [0.1, 0.15) is 24.5 Å². The molecule has 118 valence electrons. The average molecular weight is 304 g/mol. The number of ether oxygens (including phenoxy) is 1. The van der Waals surface area contributed by atoms with Crippen molar-refractivity contribution in [2.75, 3.05) is 18.1 Å². The molecule has 1 atom stereocenters. The molecule has 22 heavy (non-hydrogen) atoms. The maximum Gasteiger partial charge on any atom is 0.396 e. The van der Waals surface area contributed by atoms with E-state index in [1.165, 1.54) is 0 Å². The third-order valence-corrected chi connectivity index (χ3v) is 3.72. The summed E-state index contributed by atoms with van der Waals surface area (Å²) in [5.41, 5.74) is 3.06. The lowest BCUT2D eigenvalue weighted by atomic mass is 10.1. The first-order valence-corrected chi connectivity index (χ1v) is 7.27. The molecular formula is C16H20N2O4. The van der Waals surface area contributed by atoms with Crippen LogP contribution >= 0.6 is 0 Å². The van der Waals surface area contributed by atoms with Gasteiger partial charge < -0.3 is 15.0 Å². The number of carbonyl (C=O) groups excluding carboxylic acids is 3. The van der Waals surface area contributed by atoms with Gasteiger partial charge in [-0.3, -0.25) is 9.59 Å². The van der Waals surface area contributed by atoms with Crippen LogP contribution in [0.2, 0.25) is 0 Å². The van der Waals surface area contributed by atoms with Crippen LogP contribution in [0.4, 0.5) is 5.69 Å². The number of carbonyl (C=O) groups is 3. The van der Waals surface area contributed by atoms with Gasteiger partial charge in [0.15, 0.2) is 0 Å². The summed E-state index contributed by atoms with van der Waals surface area (Å²) < 4.78 is 4.63. The van der Waals surface area contributed by atoms with E-state index in [0.29, 0.717) is 6.54 Å². The van der Waals surface area contributed by atoms with Gasteiger partial charge in [0, 0.05) is 18.7 Å². The molecular weight excluding hydrogens is 284 g/mol. The van der Waals surface area contributed by atoms with Crippen LogP contribution in [0.15, 0.2) is 18.2 Å². The van der Waals surface area contributed by atoms with Crippen molar-refractivity contribution in [3.05, 3.63) is 29.3 Å². The fraction of sp³-hybridized carbons (Fsp3) is 0.438. The van der Waals surface area contributed by atoms with Crippen molar-refractivity contribution >= 4 is 23.5 Å². The van der Waals surface area contributed by atoms with Crippen molar-refractivity contribution in [3.8, 4) is 0 Å². The molecule has 1 N–H and O–H groups in total. The van der Waals surface area contributed by atoms with Crippen molar-refractivity contribution in [3.63, 3.8) is 0 Å². The van der Waals surface area contributed by atoms with E-state index in [4.69, 9.17) is 0 Å². The first-order valence-electron chi connectivity index (χ1n) is 7.27. The number of aryl methyl sites for hydroxylation is 2. The van der Waals surface area contributed by atoms with Crippen LogP contribution < -0.4 is 10.2 Å². The fourth-order valence-electron chi connectivity index (χ4n) is 2.39. The Hall–Kier alpha value is -2.37. The van der Waals surface area contributed by atoms with Gasteiger partial charge >= 0.3 is 11.9 Å². The Morgan fingerprint density at radius 1 is 1.32 bits per heavy atom. The molecule has 0 unspecified atom stereocenters. The fourth-order valence-corrected chi connectivity index (χ4v) is 2.39. The smallest absolute Gasteiger partial charge is 0.396 e. The summed E-state index contributed by atoms with van der Waals surface area (Å²) in [5.74, 6) is -1.79. The molecule has 0 aliphatic carbocycles. The Morgan fingerprint density at radius 2 is 2.05 bits per heavy atom. The lowest BCUT2D eigenvalue weighted by Gasteiger charge is -2.18. The molecule has 2 rings (SSSR count). The van der Waals surface area contributed by atoms with Gasteiger partial charge in [-0.1, -0.05) is 6.07 Å². The second-order valence-corrected chi connectivity index (χ2v) is 5.37. The minimum absolute atomic E-state index is 0.0718. The number of benzene rings is 1. The Morgan fingerprint density at radius 3 is 2.68 bits per heavy atom. The van der Waals surface area contributed by atoms with Crippen LogP contribution in [-0.2, 0) is 19.1 Å². The van der Waals surface area contributed by atoms with Gasteiger partial charge in [-0.15, -0.1) is 0 Å². The summed E-state index contributed by atoms with van der Waals surface area (Å²) in [7, 11) is 0. The Labute approximate surface area is 129 Å². The van der Waals surface area contributed by atoms with Crippen molar-refractivity contribution in [1.82, 2.24) is 5.32 Å². The van der Waals surface area contributed by atoms with Gasteiger partial charge in [-0.05, 0) is 44.0 Å². The molecule has 1 fully saturated rings. The first-order chi connectivity index (χ1) is 10.4. The van der Waals surface area contributed by atoms with Crippen LogP contribution in [0.25, 0.3) is 0 Å². The molecule has 1 saturated heterocycles. The predicted molar refractivity (Wildman–Crippen MR) is 81.4 cm³/mol. The second kappa shape index (κ2) is 6.60. The molecule has 6 heteroatoms. The standard InChI is InChI=1S/C16H20N2O4/c1-4-22-16(21)15(20)17-12-8-14(19)18(9-12)13-6-5-10(2)11(3)7-13/h5-7,12H,4,8-9H2,1-3H3,(H,17,20)/t12-/m0/s1. The van der Waals surface area contributed by atoms with Gasteiger partial charge in [-0.2, -0.15) is 0 Å². The number of rotatable bonds is 3. The van der Waals surface area contributed by atoms with Crippen molar-refractivity contribution in [2.45, 2.75) is 33.2 Å². The van der Waals surface area contributed by atoms with E-state index in [9.17, 15) is 14.4 Å². The Balaban J connectivity index is 2.03. The summed E-state index contributed by atoms with van der Waals surface area (Å²) in [4.78, 5) is 36.7. The SMILES string of the molecule is CCOC(=O)C(=O)N[C@H]1CC(=O)N(c2ccc(C)c(C)c2)C1. The average Bonchev–Trinajstić information content (AvgIpc) is 2.83. The third-order valence-electron chi connectivity index (χ3n) is 3.72. The molecule has 0 saturated carbocycles. The van der Waals surface area contributed by atoms with E-state index in [-0.39, 0.29) is 25.0 Å². The lowest BCUT2D eigenvalue weighted by molar-refractivity contribution is -0.154. The zero-order valence-corrected chi connectivity index (χ0v) is 13.0. The van der Waals surface area contributed by atoms with E-state index < -0.39 is 11.9 Å². The highest BCUT2D eigenvalue weighted by Crippen LogP contribution is 2.24. The van der Waals surface area contributed by atoms with Crippen LogP contribution in [0.5, 0.6) is 0 Å². The second-order valence-electron chi connectivity index (χ2n) is 5.37. The topological polar surface area (TPSA) is 75.7 Å². The number of anilines is 1. The number of hydrogen-bond acceptors (Lipinski definition) is 4. The Kier molecular flexibility index (Phi) is 4.80. The zero-order valence-electron chi connectivity index (χ0n) is 13.0. The van der Waals surface area contributed by atoms with Gasteiger partial charge in [0.25, 0.3) is 0 Å². The largest absolute Gasteiger partial charge is 0.459 e. The van der Waals surface area contributed by atoms with Crippen molar-refractivity contribution in [1.29, 1.82) is 0 Å². The monoisotopic (exact) mass is 304 g/mol. The van der Waals surface area contributed by atoms with Crippen LogP contribution in [0.3, 0.4) is 0 Å². The summed E-state index contributed by atoms with van der Waals surface area (Å²) in [5, 5.41) is 2.54. The quantitative estimate of drug-likeness (QED) is 0.670. The van der Waals surface area contributed by atoms with E-state index in [2.05, 4.69) is 10.1 Å². The van der Waals surface area contributed by atoms with Crippen molar-refractivity contribution in [2.24, 2.45) is 0 Å². The minimum Gasteiger partial charge on any atom is -0.459 e. The predicted octanol–water partition coefficient (Wildman–Crippen LogP) is 1.09. The highest BCUT2D eigenvalue weighted by atomic mass is 16.5. The summed E-state index contributed by atoms with van der Waals surface area (Å²) in [6.07, 6.45) is 0.179. The van der Waals surface area contributed by atoms with E-state index in [1.54, 1.807) is 11.8 Å². The number of esters is 1. The number of nitrogens with zero attached hydrogens (tertiary/aromatic N) is 1. The zero-order chi connectivity index (χ0) is 16.3. The number of amides is 2. The van der Waals surface area contributed by atoms with E-state index in [0.717, 1.165) is 16.8 Å². The van der Waals surface area contributed by atoms with Crippen LogP contribution in [-0.4, -0.2) is 37.0 Å². The molecule has 0 aromatic heterocycles. The van der Waals surface area contributed by atoms with E-state index >= 15 is 0 Å². The molecule has 1 aliphatic rings. The molecule has 1 aromatic rings. The molecule has 2 amide bonds. The number of hydrogen-bond donors (Lipinski definition) is 1. The lowest BCUT2D eigenvalue weighted by Crippen LogP contribution is -2.41. The van der Waals surface area contributed by atoms with Crippen molar-refractivity contribution < 1.29 is 19.1 Å². The summed E-state index contributed by atoms with van der Waals surface area (Å²) >= 11 is 0. The first kappa shape index (κ1) is 16.0. The molecule has 1 heterocycles. The van der Waals surface area contributed by atoms with Gasteiger partial charge in [-0.25, -0.2) is 4.79 Å². The Bertz CT molecular complexity index is 612. The minimum atomic E-state index is -0.917. The maximum atomic E-state index is 12.1. The molecule has 1 aliphatic heterocycles. The maximum absolute atomic E-state index is 12.1. The summed E-state index contributed by atoms with van der Waals surface area (Å²) in [6, 6.07) is 5.41. The molecule has 1 aromatic carbocycles. The molecule has 0 spiro atoms. The summed E-state index contributed by atoms with van der Waals surface area (Å²) in [6.45, 7) is 6.12. The number of nitrogens with one attached hydrogen (secondary N) is 1. The molecule has 0 radical (unpaired) electrons. The molecule has 0 bridgehead atoms. The van der Waals surface area contributed by atoms with Gasteiger partial charge in [0.05, 0.1) is 12.6 Å². The van der Waals surface area contributed by atoms with Gasteiger partial charge in [0.2, 0.25) is 5.91 Å². The highest BCUT2D eigenvalue weighted by Gasteiger charge is 2.33. The normalized spacial score (nSPS) is 17.5. The third kappa shape index (κ3) is 3.44. The van der Waals surface area contributed by atoms with Crippen LogP contribution in [0, 0.1) is 13.8 Å².